The van der Waals surface area contributed by atoms with Crippen molar-refractivity contribution in [3.8, 4) is 0 Å². The summed E-state index contributed by atoms with van der Waals surface area (Å²) >= 11 is 0. The average molecular weight is 637 g/mol. The molecule has 2 heterocycles. The molecule has 2 aliphatic carbocycles. The summed E-state index contributed by atoms with van der Waals surface area (Å²) in [6, 6.07) is 32.0. The topological polar surface area (TPSA) is 30.4 Å². The summed E-state index contributed by atoms with van der Waals surface area (Å²) in [4.78, 5) is 5.32. The van der Waals surface area contributed by atoms with Crippen LogP contribution >= 0.6 is 0 Å². The number of furan rings is 1. The van der Waals surface area contributed by atoms with Crippen LogP contribution in [0.4, 0.5) is 0 Å². The number of rotatable bonds is 6. The van der Waals surface area contributed by atoms with E-state index in [1.54, 1.807) is 0 Å². The van der Waals surface area contributed by atoms with Crippen molar-refractivity contribution >= 4 is 62.0 Å². The standard InChI is InChI=1S/C46H40N2O/c1-6-7-24-45-38(35-21-13-16-25-44(35)49-45)26-30(2)27-41(32-17-9-8-10-18-32)47-31(3)48-42-23-15-12-20-34(42)37-28-36-33-19-11-14-22-39(33)46(4,5)40(36)29-43(37)48/h6-10,12-13,15-29H,3,11,14H2,1-2,4-5H3/b7-6-,30-27+,38-26+,45-24+,47-41+. The van der Waals surface area contributed by atoms with Gasteiger partial charge < -0.3 is 4.42 Å². The predicted octanol–water partition coefficient (Wildman–Crippen LogP) is 10.6. The molecular formula is C46H40N2O. The lowest BCUT2D eigenvalue weighted by Gasteiger charge is -2.23. The molecule has 6 aromatic rings. The second kappa shape index (κ2) is 12.1. The Hall–Kier alpha value is -5.67. The van der Waals surface area contributed by atoms with Crippen LogP contribution in [0.2, 0.25) is 0 Å². The van der Waals surface area contributed by atoms with E-state index in [4.69, 9.17) is 9.41 Å². The summed E-state index contributed by atoms with van der Waals surface area (Å²) in [6.45, 7) is 13.5. The molecule has 0 bridgehead atoms. The van der Waals surface area contributed by atoms with E-state index in [1.807, 2.05) is 43.4 Å². The summed E-state index contributed by atoms with van der Waals surface area (Å²) in [6.07, 6.45) is 17.5. The molecule has 0 N–H and O–H groups in total. The molecule has 3 heteroatoms. The zero-order chi connectivity index (χ0) is 33.7. The Morgan fingerprint density at radius 2 is 1.59 bits per heavy atom. The number of allylic oxidation sites excluding steroid dienone is 8. The fraction of sp³-hybridized carbons (Fsp3) is 0.152. The van der Waals surface area contributed by atoms with Gasteiger partial charge >= 0.3 is 0 Å². The molecule has 0 saturated heterocycles. The maximum Gasteiger partial charge on any atom is 0.135 e. The van der Waals surface area contributed by atoms with Gasteiger partial charge in [0.05, 0.1) is 16.7 Å². The smallest absolute Gasteiger partial charge is 0.135 e. The number of nitrogens with zero attached hydrogens (tertiary/aromatic N) is 2. The molecule has 0 unspecified atom stereocenters. The molecule has 0 saturated carbocycles. The van der Waals surface area contributed by atoms with Gasteiger partial charge in [-0.25, -0.2) is 4.99 Å². The van der Waals surface area contributed by atoms with E-state index in [1.165, 1.54) is 33.0 Å². The highest BCUT2D eigenvalue weighted by Gasteiger charge is 2.39. The van der Waals surface area contributed by atoms with E-state index in [2.05, 4.69) is 129 Å². The largest absolute Gasteiger partial charge is 0.456 e. The Balaban J connectivity index is 1.32. The highest BCUT2D eigenvalue weighted by atomic mass is 16.3. The highest BCUT2D eigenvalue weighted by Crippen LogP contribution is 2.53. The third kappa shape index (κ3) is 5.18. The zero-order valence-electron chi connectivity index (χ0n) is 28.6. The van der Waals surface area contributed by atoms with E-state index >= 15 is 0 Å². The molecule has 4 aromatic carbocycles. The molecule has 49 heavy (non-hydrogen) atoms. The van der Waals surface area contributed by atoms with Crippen molar-refractivity contribution in [2.45, 2.75) is 46.0 Å². The van der Waals surface area contributed by atoms with E-state index in [0.717, 1.165) is 62.3 Å². The van der Waals surface area contributed by atoms with Gasteiger partial charge in [-0.2, -0.15) is 0 Å². The van der Waals surface area contributed by atoms with Gasteiger partial charge in [-0.3, -0.25) is 4.57 Å². The van der Waals surface area contributed by atoms with Crippen LogP contribution in [0.3, 0.4) is 0 Å². The fourth-order valence-corrected chi connectivity index (χ4v) is 7.70. The summed E-state index contributed by atoms with van der Waals surface area (Å²) in [5.74, 6) is 0.677. The van der Waals surface area contributed by atoms with E-state index in [0.29, 0.717) is 5.82 Å². The first-order chi connectivity index (χ1) is 23.8. The molecule has 0 spiro atoms. The zero-order valence-corrected chi connectivity index (χ0v) is 28.6. The van der Waals surface area contributed by atoms with Crippen LogP contribution in [0.15, 0.2) is 149 Å². The molecule has 0 fully saturated rings. The van der Waals surface area contributed by atoms with E-state index < -0.39 is 0 Å². The molecule has 3 nitrogen and oxygen atoms in total. The number of benzene rings is 4. The van der Waals surface area contributed by atoms with Crippen molar-refractivity contribution in [1.29, 1.82) is 0 Å². The number of aromatic nitrogens is 1. The molecule has 0 amide bonds. The third-order valence-electron chi connectivity index (χ3n) is 10.0. The van der Waals surface area contributed by atoms with Gasteiger partial charge in [0.1, 0.15) is 16.8 Å². The first-order valence-corrected chi connectivity index (χ1v) is 17.2. The third-order valence-corrected chi connectivity index (χ3v) is 10.0. The number of aliphatic imine (C=N–C) groups is 1. The first-order valence-electron chi connectivity index (χ1n) is 17.2. The Kier molecular flexibility index (Phi) is 7.56. The summed E-state index contributed by atoms with van der Waals surface area (Å²) in [5.41, 5.74) is 12.4. The van der Waals surface area contributed by atoms with Crippen molar-refractivity contribution in [2.75, 3.05) is 0 Å². The number of para-hydroxylation sites is 2. The normalized spacial score (nSPS) is 16.9. The molecule has 0 aliphatic heterocycles. The van der Waals surface area contributed by atoms with Crippen molar-refractivity contribution in [3.63, 3.8) is 0 Å². The Morgan fingerprint density at radius 1 is 0.857 bits per heavy atom. The van der Waals surface area contributed by atoms with Crippen molar-refractivity contribution < 1.29 is 4.42 Å². The number of fused-ring (bicyclic) bond motifs is 7. The second-order valence-electron chi connectivity index (χ2n) is 13.6. The molecule has 0 atom stereocenters. The van der Waals surface area contributed by atoms with Crippen LogP contribution in [0.5, 0.6) is 0 Å². The van der Waals surface area contributed by atoms with E-state index in [-0.39, 0.29) is 5.41 Å². The fourth-order valence-electron chi connectivity index (χ4n) is 7.70. The van der Waals surface area contributed by atoms with Gasteiger partial charge in [0.25, 0.3) is 0 Å². The Bertz CT molecular complexity index is 2590. The first kappa shape index (κ1) is 30.7. The quantitative estimate of drug-likeness (QED) is 0.167. The van der Waals surface area contributed by atoms with Crippen LogP contribution < -0.4 is 10.6 Å². The van der Waals surface area contributed by atoms with Gasteiger partial charge in [0.2, 0.25) is 0 Å². The number of hydrogen-bond acceptors (Lipinski definition) is 2. The lowest BCUT2D eigenvalue weighted by atomic mass is 9.80. The number of hydrogen-bond donors (Lipinski definition) is 0. The predicted molar refractivity (Wildman–Crippen MR) is 209 cm³/mol. The Morgan fingerprint density at radius 3 is 2.41 bits per heavy atom. The molecule has 2 aromatic heterocycles. The van der Waals surface area contributed by atoms with Gasteiger partial charge in [-0.15, -0.1) is 0 Å². The molecule has 0 radical (unpaired) electrons. The minimum atomic E-state index is -0.0625. The molecule has 2 aliphatic rings. The maximum atomic E-state index is 6.24. The van der Waals surface area contributed by atoms with Gasteiger partial charge in [-0.05, 0) is 97.0 Å². The molecule has 8 rings (SSSR count). The van der Waals surface area contributed by atoms with E-state index in [9.17, 15) is 0 Å². The van der Waals surface area contributed by atoms with Gasteiger partial charge in [0, 0.05) is 32.4 Å². The summed E-state index contributed by atoms with van der Waals surface area (Å²) in [5, 5.41) is 4.58. The van der Waals surface area contributed by atoms with Crippen molar-refractivity contribution in [1.82, 2.24) is 4.57 Å². The SMILES string of the molecule is C=C(\N=C(/C=C(C)/C=c1/c(=C\C=C/C)oc2ccccc12)c1ccccc1)n1c2ccccc2c2cc3c(cc21)C(C)(C)C1=CCCC=C13. The van der Waals surface area contributed by atoms with Crippen LogP contribution in [-0.2, 0) is 5.41 Å². The maximum absolute atomic E-state index is 6.24. The molecular weight excluding hydrogens is 597 g/mol. The Labute approximate surface area is 287 Å². The lowest BCUT2D eigenvalue weighted by molar-refractivity contribution is 0.575. The van der Waals surface area contributed by atoms with Gasteiger partial charge in [0.15, 0.2) is 0 Å². The van der Waals surface area contributed by atoms with Crippen molar-refractivity contribution in [3.05, 3.63) is 166 Å². The van der Waals surface area contributed by atoms with Crippen LogP contribution in [0.1, 0.15) is 57.2 Å². The minimum absolute atomic E-state index is 0.0625. The minimum Gasteiger partial charge on any atom is -0.456 e. The molecule has 240 valence electrons. The summed E-state index contributed by atoms with van der Waals surface area (Å²) < 4.78 is 8.49. The van der Waals surface area contributed by atoms with Crippen LogP contribution in [0.25, 0.3) is 56.3 Å². The average Bonchev–Trinajstić information content (AvgIpc) is 3.71. The monoisotopic (exact) mass is 636 g/mol. The highest BCUT2D eigenvalue weighted by molar-refractivity contribution is 6.14. The summed E-state index contributed by atoms with van der Waals surface area (Å²) in [7, 11) is 0. The lowest BCUT2D eigenvalue weighted by Crippen LogP contribution is -2.19. The van der Waals surface area contributed by atoms with Crippen molar-refractivity contribution in [2.24, 2.45) is 4.99 Å². The van der Waals surface area contributed by atoms with Crippen LogP contribution in [0, 0.1) is 0 Å². The van der Waals surface area contributed by atoms with Gasteiger partial charge in [-0.1, -0.05) is 111 Å². The van der Waals surface area contributed by atoms with Crippen LogP contribution in [-0.4, -0.2) is 10.3 Å². The second-order valence-corrected chi connectivity index (χ2v) is 13.6.